The molecule has 156 valence electrons. The third kappa shape index (κ3) is 6.13. The van der Waals surface area contributed by atoms with Gasteiger partial charge in [0.25, 0.3) is 5.91 Å². The zero-order valence-corrected chi connectivity index (χ0v) is 17.5. The van der Waals surface area contributed by atoms with E-state index < -0.39 is 0 Å². The number of nitrogens with zero attached hydrogens (tertiary/aromatic N) is 2. The minimum Gasteiger partial charge on any atom is -0.493 e. The normalized spacial score (nSPS) is 10.5. The van der Waals surface area contributed by atoms with E-state index in [0.717, 1.165) is 16.3 Å². The fraction of sp³-hybridized carbons (Fsp3) is 0.125. The molecule has 0 bridgehead atoms. The number of anilines is 1. The number of carbonyl (C=O) groups excluding carboxylic acids is 1. The van der Waals surface area contributed by atoms with Crippen LogP contribution in [0, 0.1) is 0 Å². The van der Waals surface area contributed by atoms with Gasteiger partial charge in [0, 0.05) is 12.0 Å². The molecule has 0 fully saturated rings. The minimum absolute atomic E-state index is 0.238. The molecule has 0 saturated heterocycles. The Balaban J connectivity index is 1.25. The van der Waals surface area contributed by atoms with Gasteiger partial charge >= 0.3 is 0 Å². The van der Waals surface area contributed by atoms with Gasteiger partial charge in [-0.2, -0.15) is 0 Å². The van der Waals surface area contributed by atoms with Crippen LogP contribution in [0.3, 0.4) is 0 Å². The molecule has 31 heavy (non-hydrogen) atoms. The third-order valence-corrected chi connectivity index (χ3v) is 5.28. The van der Waals surface area contributed by atoms with E-state index in [1.807, 2.05) is 60.7 Å². The van der Waals surface area contributed by atoms with E-state index >= 15 is 0 Å². The van der Waals surface area contributed by atoms with Crippen molar-refractivity contribution in [3.05, 3.63) is 101 Å². The molecule has 3 aromatic carbocycles. The average Bonchev–Trinajstić information content (AvgIpc) is 3.26. The second kappa shape index (κ2) is 10.4. The first kappa shape index (κ1) is 20.6. The maximum Gasteiger partial charge on any atom is 0.257 e. The molecular formula is C24H21N3O3S. The maximum atomic E-state index is 12.5. The Kier molecular flexibility index (Phi) is 6.87. The van der Waals surface area contributed by atoms with Crippen LogP contribution in [0.15, 0.2) is 84.9 Å². The van der Waals surface area contributed by atoms with Crippen molar-refractivity contribution < 1.29 is 14.3 Å². The summed E-state index contributed by atoms with van der Waals surface area (Å²) in [5, 5.41) is 12.2. The summed E-state index contributed by atoms with van der Waals surface area (Å²) in [6, 6.07) is 26.6. The molecule has 1 heterocycles. The van der Waals surface area contributed by atoms with E-state index in [2.05, 4.69) is 15.5 Å². The summed E-state index contributed by atoms with van der Waals surface area (Å²) in [6.45, 7) is 0.977. The molecule has 0 aliphatic carbocycles. The molecule has 0 aliphatic heterocycles. The Labute approximate surface area is 184 Å². The number of rotatable bonds is 9. The van der Waals surface area contributed by atoms with E-state index in [1.54, 1.807) is 24.3 Å². The van der Waals surface area contributed by atoms with Gasteiger partial charge in [0.2, 0.25) is 5.13 Å². The van der Waals surface area contributed by atoms with Gasteiger partial charge in [-0.1, -0.05) is 59.9 Å². The third-order valence-electron chi connectivity index (χ3n) is 4.38. The SMILES string of the molecule is O=C(Nc1nnc(CCOc2ccccc2)s1)c1ccc(OCc2ccccc2)cc1. The molecule has 4 rings (SSSR count). The predicted octanol–water partition coefficient (Wildman–Crippen LogP) is 4.99. The van der Waals surface area contributed by atoms with Crippen molar-refractivity contribution in [2.45, 2.75) is 13.0 Å². The number of hydrogen-bond acceptors (Lipinski definition) is 6. The van der Waals surface area contributed by atoms with Gasteiger partial charge in [0.05, 0.1) is 6.61 Å². The van der Waals surface area contributed by atoms with Gasteiger partial charge in [-0.3, -0.25) is 10.1 Å². The van der Waals surface area contributed by atoms with Gasteiger partial charge < -0.3 is 9.47 Å². The highest BCUT2D eigenvalue weighted by Gasteiger charge is 2.11. The van der Waals surface area contributed by atoms with Crippen LogP contribution < -0.4 is 14.8 Å². The molecule has 0 radical (unpaired) electrons. The number of carbonyl (C=O) groups is 1. The van der Waals surface area contributed by atoms with Crippen LogP contribution in [-0.2, 0) is 13.0 Å². The second-order valence-electron chi connectivity index (χ2n) is 6.67. The maximum absolute atomic E-state index is 12.5. The van der Waals surface area contributed by atoms with E-state index in [4.69, 9.17) is 9.47 Å². The van der Waals surface area contributed by atoms with Crippen molar-refractivity contribution in [1.29, 1.82) is 0 Å². The van der Waals surface area contributed by atoms with Crippen molar-refractivity contribution >= 4 is 22.4 Å². The molecule has 6 nitrogen and oxygen atoms in total. The van der Waals surface area contributed by atoms with Crippen LogP contribution in [0.25, 0.3) is 0 Å². The van der Waals surface area contributed by atoms with Gasteiger partial charge in [0.15, 0.2) is 0 Å². The Hall–Kier alpha value is -3.71. The smallest absolute Gasteiger partial charge is 0.257 e. The topological polar surface area (TPSA) is 73.3 Å². The lowest BCUT2D eigenvalue weighted by Crippen LogP contribution is -2.11. The van der Waals surface area contributed by atoms with E-state index in [0.29, 0.717) is 36.1 Å². The monoisotopic (exact) mass is 431 g/mol. The van der Waals surface area contributed by atoms with E-state index in [1.165, 1.54) is 11.3 Å². The highest BCUT2D eigenvalue weighted by atomic mass is 32.1. The van der Waals surface area contributed by atoms with Crippen molar-refractivity contribution in [3.63, 3.8) is 0 Å². The molecule has 0 unspecified atom stereocenters. The zero-order valence-electron chi connectivity index (χ0n) is 16.7. The second-order valence-corrected chi connectivity index (χ2v) is 7.73. The van der Waals surface area contributed by atoms with Gasteiger partial charge in [-0.15, -0.1) is 10.2 Å². The van der Waals surface area contributed by atoms with E-state index in [9.17, 15) is 4.79 Å². The molecular weight excluding hydrogens is 410 g/mol. The Bertz CT molecular complexity index is 1100. The number of hydrogen-bond donors (Lipinski definition) is 1. The fourth-order valence-electron chi connectivity index (χ4n) is 2.79. The van der Waals surface area contributed by atoms with Crippen molar-refractivity contribution in [2.24, 2.45) is 0 Å². The lowest BCUT2D eigenvalue weighted by atomic mass is 10.2. The molecule has 1 N–H and O–H groups in total. The van der Waals surface area contributed by atoms with Crippen LogP contribution in [-0.4, -0.2) is 22.7 Å². The van der Waals surface area contributed by atoms with E-state index in [-0.39, 0.29) is 5.91 Å². The molecule has 4 aromatic rings. The molecule has 1 amide bonds. The summed E-state index contributed by atoms with van der Waals surface area (Å²) in [5.74, 6) is 1.28. The van der Waals surface area contributed by atoms with Crippen LogP contribution in [0.2, 0.25) is 0 Å². The first-order valence-corrected chi connectivity index (χ1v) is 10.7. The standard InChI is InChI=1S/C24H21N3O3S/c28-23(19-11-13-21(14-12-19)30-17-18-7-3-1-4-8-18)25-24-27-26-22(31-24)15-16-29-20-9-5-2-6-10-20/h1-14H,15-17H2,(H,25,27,28). The first-order valence-electron chi connectivity index (χ1n) is 9.85. The fourth-order valence-corrected chi connectivity index (χ4v) is 3.51. The summed E-state index contributed by atoms with van der Waals surface area (Å²) in [4.78, 5) is 12.5. The molecule has 0 atom stereocenters. The Morgan fingerprint density at radius 1 is 0.806 bits per heavy atom. The highest BCUT2D eigenvalue weighted by Crippen LogP contribution is 2.19. The van der Waals surface area contributed by atoms with Crippen molar-refractivity contribution in [3.8, 4) is 11.5 Å². The number of para-hydroxylation sites is 1. The summed E-state index contributed by atoms with van der Waals surface area (Å²) < 4.78 is 11.4. The van der Waals surface area contributed by atoms with Gasteiger partial charge in [0.1, 0.15) is 23.1 Å². The Morgan fingerprint density at radius 3 is 2.23 bits per heavy atom. The van der Waals surface area contributed by atoms with Crippen LogP contribution >= 0.6 is 11.3 Å². The van der Waals surface area contributed by atoms with Gasteiger partial charge in [-0.25, -0.2) is 0 Å². The summed E-state index contributed by atoms with van der Waals surface area (Å²) in [6.07, 6.45) is 0.621. The summed E-state index contributed by atoms with van der Waals surface area (Å²) >= 11 is 1.34. The van der Waals surface area contributed by atoms with Crippen LogP contribution in [0.5, 0.6) is 11.5 Å². The quantitative estimate of drug-likeness (QED) is 0.404. The molecule has 0 aliphatic rings. The molecule has 1 aromatic heterocycles. The minimum atomic E-state index is -0.238. The molecule has 0 saturated carbocycles. The highest BCUT2D eigenvalue weighted by molar-refractivity contribution is 7.15. The van der Waals surface area contributed by atoms with Crippen molar-refractivity contribution in [1.82, 2.24) is 10.2 Å². The average molecular weight is 432 g/mol. The summed E-state index contributed by atoms with van der Waals surface area (Å²) in [7, 11) is 0. The molecule has 0 spiro atoms. The van der Waals surface area contributed by atoms with Crippen LogP contribution in [0.4, 0.5) is 5.13 Å². The van der Waals surface area contributed by atoms with Crippen molar-refractivity contribution in [2.75, 3.05) is 11.9 Å². The zero-order chi connectivity index (χ0) is 21.3. The number of ether oxygens (including phenoxy) is 2. The van der Waals surface area contributed by atoms with Gasteiger partial charge in [-0.05, 0) is 42.0 Å². The predicted molar refractivity (Wildman–Crippen MR) is 121 cm³/mol. The number of benzene rings is 3. The number of amides is 1. The van der Waals surface area contributed by atoms with Crippen LogP contribution in [0.1, 0.15) is 20.9 Å². The Morgan fingerprint density at radius 2 is 1.48 bits per heavy atom. The number of nitrogens with one attached hydrogen (secondary N) is 1. The number of aromatic nitrogens is 2. The molecule has 7 heteroatoms. The lowest BCUT2D eigenvalue weighted by Gasteiger charge is -2.07. The summed E-state index contributed by atoms with van der Waals surface area (Å²) in [5.41, 5.74) is 1.61. The lowest BCUT2D eigenvalue weighted by molar-refractivity contribution is 0.102. The first-order chi connectivity index (χ1) is 15.3. The largest absolute Gasteiger partial charge is 0.493 e.